The van der Waals surface area contributed by atoms with Crippen molar-refractivity contribution in [2.75, 3.05) is 5.32 Å². The number of halogens is 1. The minimum atomic E-state index is -0.331. The van der Waals surface area contributed by atoms with Crippen LogP contribution < -0.4 is 5.32 Å². The first-order chi connectivity index (χ1) is 11.5. The van der Waals surface area contributed by atoms with E-state index < -0.39 is 0 Å². The number of ketones is 1. The lowest BCUT2D eigenvalue weighted by molar-refractivity contribution is -0.116. The van der Waals surface area contributed by atoms with Gasteiger partial charge in [0.15, 0.2) is 5.78 Å². The SMILES string of the molecule is O=C(CCC(=O)c1ccc2c(c1)CCC2)Nc1cc(Cl)ccc1O. The average molecular weight is 344 g/mol. The van der Waals surface area contributed by atoms with Crippen molar-refractivity contribution in [2.24, 2.45) is 0 Å². The third-order valence-corrected chi connectivity index (χ3v) is 4.47. The number of phenols is 1. The number of fused-ring (bicyclic) bond motifs is 1. The average Bonchev–Trinajstić information content (AvgIpc) is 3.03. The minimum absolute atomic E-state index is 0.0461. The molecule has 124 valence electrons. The second-order valence-corrected chi connectivity index (χ2v) is 6.41. The number of aromatic hydroxyl groups is 1. The lowest BCUT2D eigenvalue weighted by Gasteiger charge is -2.08. The molecule has 0 radical (unpaired) electrons. The first-order valence-corrected chi connectivity index (χ1v) is 8.34. The number of nitrogens with one attached hydrogen (secondary N) is 1. The minimum Gasteiger partial charge on any atom is -0.506 e. The van der Waals surface area contributed by atoms with Crippen LogP contribution in [0.25, 0.3) is 0 Å². The number of aryl methyl sites for hydroxylation is 2. The Hall–Kier alpha value is -2.33. The smallest absolute Gasteiger partial charge is 0.224 e. The zero-order valence-corrected chi connectivity index (χ0v) is 13.9. The van der Waals surface area contributed by atoms with Crippen LogP contribution in [0.2, 0.25) is 5.02 Å². The number of phenolic OH excluding ortho intramolecular Hbond substituents is 1. The summed E-state index contributed by atoms with van der Waals surface area (Å²) in [5.74, 6) is -0.435. The maximum atomic E-state index is 12.3. The highest BCUT2D eigenvalue weighted by atomic mass is 35.5. The molecule has 0 fully saturated rings. The predicted octanol–water partition coefficient (Wildman–Crippen LogP) is 4.14. The Balaban J connectivity index is 1.58. The predicted molar refractivity (Wildman–Crippen MR) is 93.8 cm³/mol. The molecular weight excluding hydrogens is 326 g/mol. The third kappa shape index (κ3) is 3.77. The van der Waals surface area contributed by atoms with Crippen LogP contribution in [0.4, 0.5) is 5.69 Å². The number of amides is 1. The van der Waals surface area contributed by atoms with Gasteiger partial charge in [0, 0.05) is 23.4 Å². The molecule has 0 spiro atoms. The van der Waals surface area contributed by atoms with Gasteiger partial charge in [0.2, 0.25) is 5.91 Å². The molecular formula is C19H18ClNO3. The van der Waals surface area contributed by atoms with E-state index in [-0.39, 0.29) is 36.0 Å². The van der Waals surface area contributed by atoms with Gasteiger partial charge in [-0.1, -0.05) is 23.7 Å². The van der Waals surface area contributed by atoms with Gasteiger partial charge in [0.05, 0.1) is 5.69 Å². The van der Waals surface area contributed by atoms with Crippen molar-refractivity contribution in [1.82, 2.24) is 0 Å². The normalized spacial score (nSPS) is 12.7. The summed E-state index contributed by atoms with van der Waals surface area (Å²) in [5.41, 5.74) is 3.47. The van der Waals surface area contributed by atoms with E-state index in [1.54, 1.807) is 0 Å². The molecule has 2 N–H and O–H groups in total. The van der Waals surface area contributed by atoms with Crippen LogP contribution in [-0.4, -0.2) is 16.8 Å². The van der Waals surface area contributed by atoms with Crippen LogP contribution >= 0.6 is 11.6 Å². The van der Waals surface area contributed by atoms with Crippen LogP contribution in [0.3, 0.4) is 0 Å². The summed E-state index contributed by atoms with van der Waals surface area (Å²) in [4.78, 5) is 24.3. The van der Waals surface area contributed by atoms with Crippen LogP contribution in [0.15, 0.2) is 36.4 Å². The van der Waals surface area contributed by atoms with Gasteiger partial charge in [-0.15, -0.1) is 0 Å². The molecule has 0 heterocycles. The third-order valence-electron chi connectivity index (χ3n) is 4.23. The van der Waals surface area contributed by atoms with E-state index in [1.165, 1.54) is 29.3 Å². The number of rotatable bonds is 5. The van der Waals surface area contributed by atoms with Crippen molar-refractivity contribution in [1.29, 1.82) is 0 Å². The molecule has 4 nitrogen and oxygen atoms in total. The number of Topliss-reactive ketones (excluding diaryl/α,β-unsaturated/α-hetero) is 1. The van der Waals surface area contributed by atoms with Gasteiger partial charge in [-0.25, -0.2) is 0 Å². The van der Waals surface area contributed by atoms with E-state index in [9.17, 15) is 14.7 Å². The van der Waals surface area contributed by atoms with E-state index in [4.69, 9.17) is 11.6 Å². The fourth-order valence-electron chi connectivity index (χ4n) is 2.94. The second-order valence-electron chi connectivity index (χ2n) is 5.97. The number of carbonyl (C=O) groups excluding carboxylic acids is 2. The molecule has 1 amide bonds. The summed E-state index contributed by atoms with van der Waals surface area (Å²) in [6.07, 6.45) is 3.42. The largest absolute Gasteiger partial charge is 0.506 e. The monoisotopic (exact) mass is 343 g/mol. The molecule has 0 aromatic heterocycles. The Bertz CT molecular complexity index is 801. The number of hydrogen-bond donors (Lipinski definition) is 2. The van der Waals surface area contributed by atoms with E-state index in [0.717, 1.165) is 19.3 Å². The van der Waals surface area contributed by atoms with E-state index >= 15 is 0 Å². The van der Waals surface area contributed by atoms with Crippen molar-refractivity contribution >= 4 is 29.0 Å². The zero-order chi connectivity index (χ0) is 17.1. The molecule has 2 aromatic carbocycles. The van der Waals surface area contributed by atoms with E-state index in [0.29, 0.717) is 10.6 Å². The molecule has 0 bridgehead atoms. The van der Waals surface area contributed by atoms with Crippen molar-refractivity contribution in [3.8, 4) is 5.75 Å². The van der Waals surface area contributed by atoms with Gasteiger partial charge in [-0.3, -0.25) is 9.59 Å². The lowest BCUT2D eigenvalue weighted by atomic mass is 10.0. The van der Waals surface area contributed by atoms with Crippen LogP contribution in [-0.2, 0) is 17.6 Å². The maximum Gasteiger partial charge on any atom is 0.224 e. The van der Waals surface area contributed by atoms with Gasteiger partial charge < -0.3 is 10.4 Å². The molecule has 0 aliphatic heterocycles. The van der Waals surface area contributed by atoms with Gasteiger partial charge in [0.25, 0.3) is 0 Å². The van der Waals surface area contributed by atoms with Crippen molar-refractivity contribution in [2.45, 2.75) is 32.1 Å². The van der Waals surface area contributed by atoms with E-state index in [1.807, 2.05) is 18.2 Å². The van der Waals surface area contributed by atoms with Crippen molar-refractivity contribution in [3.63, 3.8) is 0 Å². The zero-order valence-electron chi connectivity index (χ0n) is 13.1. The number of carbonyl (C=O) groups is 2. The lowest BCUT2D eigenvalue weighted by Crippen LogP contribution is -2.13. The molecule has 0 atom stereocenters. The molecule has 5 heteroatoms. The molecule has 24 heavy (non-hydrogen) atoms. The molecule has 3 rings (SSSR count). The summed E-state index contributed by atoms with van der Waals surface area (Å²) in [7, 11) is 0. The summed E-state index contributed by atoms with van der Waals surface area (Å²) in [6, 6.07) is 10.2. The quantitative estimate of drug-likeness (QED) is 0.633. The Morgan fingerprint density at radius 2 is 1.83 bits per heavy atom. The first kappa shape index (κ1) is 16.5. The maximum absolute atomic E-state index is 12.3. The van der Waals surface area contributed by atoms with Crippen molar-refractivity contribution < 1.29 is 14.7 Å². The van der Waals surface area contributed by atoms with Gasteiger partial charge in [-0.2, -0.15) is 0 Å². The Kier molecular flexibility index (Phi) is 4.86. The first-order valence-electron chi connectivity index (χ1n) is 7.96. The topological polar surface area (TPSA) is 66.4 Å². The summed E-state index contributed by atoms with van der Waals surface area (Å²) < 4.78 is 0. The Labute approximate surface area is 145 Å². The molecule has 1 aliphatic rings. The summed E-state index contributed by atoms with van der Waals surface area (Å²) in [5, 5.41) is 12.7. The molecule has 0 saturated heterocycles. The number of benzene rings is 2. The highest BCUT2D eigenvalue weighted by molar-refractivity contribution is 6.31. The Morgan fingerprint density at radius 3 is 2.67 bits per heavy atom. The van der Waals surface area contributed by atoms with Crippen LogP contribution in [0, 0.1) is 0 Å². The molecule has 0 unspecified atom stereocenters. The van der Waals surface area contributed by atoms with Gasteiger partial charge >= 0.3 is 0 Å². The van der Waals surface area contributed by atoms with Crippen LogP contribution in [0.1, 0.15) is 40.7 Å². The fraction of sp³-hybridized carbons (Fsp3) is 0.263. The molecule has 1 aliphatic carbocycles. The number of anilines is 1. The van der Waals surface area contributed by atoms with Crippen molar-refractivity contribution in [3.05, 3.63) is 58.1 Å². The molecule has 0 saturated carbocycles. The van der Waals surface area contributed by atoms with Gasteiger partial charge in [-0.05, 0) is 54.7 Å². The van der Waals surface area contributed by atoms with E-state index in [2.05, 4.69) is 5.32 Å². The second kappa shape index (κ2) is 7.05. The number of hydrogen-bond acceptors (Lipinski definition) is 3. The summed E-state index contributed by atoms with van der Waals surface area (Å²) >= 11 is 5.84. The molecule has 2 aromatic rings. The van der Waals surface area contributed by atoms with Crippen LogP contribution in [0.5, 0.6) is 5.75 Å². The highest BCUT2D eigenvalue weighted by Crippen LogP contribution is 2.27. The van der Waals surface area contributed by atoms with Gasteiger partial charge in [0.1, 0.15) is 5.75 Å². The standard InChI is InChI=1S/C19H18ClNO3/c20-15-6-7-18(23)16(11-15)21-19(24)9-8-17(22)14-5-4-12-2-1-3-13(12)10-14/h4-7,10-11,23H,1-3,8-9H2,(H,21,24). The highest BCUT2D eigenvalue weighted by Gasteiger charge is 2.15. The Morgan fingerprint density at radius 1 is 1.04 bits per heavy atom. The summed E-state index contributed by atoms with van der Waals surface area (Å²) in [6.45, 7) is 0. The fourth-order valence-corrected chi connectivity index (χ4v) is 3.11.